The van der Waals surface area contributed by atoms with Gasteiger partial charge in [0.2, 0.25) is 11.8 Å². The first kappa shape index (κ1) is 22.7. The highest BCUT2D eigenvalue weighted by atomic mass is 19.1. The van der Waals surface area contributed by atoms with Crippen LogP contribution in [0.15, 0.2) is 30.3 Å². The molecule has 0 spiro atoms. The number of likely N-dealkylation sites (tertiary alicyclic amines) is 1. The Bertz CT molecular complexity index is 1160. The van der Waals surface area contributed by atoms with Crippen LogP contribution >= 0.6 is 0 Å². The van der Waals surface area contributed by atoms with Gasteiger partial charge >= 0.3 is 0 Å². The number of fused-ring (bicyclic) bond motifs is 1. The minimum Gasteiger partial charge on any atom is -0.322 e. The van der Waals surface area contributed by atoms with Crippen molar-refractivity contribution in [1.82, 2.24) is 15.1 Å². The Kier molecular flexibility index (Phi) is 5.93. The van der Waals surface area contributed by atoms with E-state index in [0.29, 0.717) is 12.8 Å². The van der Waals surface area contributed by atoms with Crippen LogP contribution in [-0.4, -0.2) is 46.7 Å². The maximum absolute atomic E-state index is 15.6. The molecule has 34 heavy (non-hydrogen) atoms. The van der Waals surface area contributed by atoms with Gasteiger partial charge in [-0.2, -0.15) is 0 Å². The Labute approximate surface area is 196 Å². The molecule has 3 aliphatic heterocycles. The monoisotopic (exact) mass is 467 g/mol. The van der Waals surface area contributed by atoms with Gasteiger partial charge in [0.1, 0.15) is 17.7 Å². The molecule has 6 nitrogen and oxygen atoms in total. The van der Waals surface area contributed by atoms with Crippen molar-refractivity contribution in [3.63, 3.8) is 0 Å². The van der Waals surface area contributed by atoms with Crippen molar-refractivity contribution in [1.29, 1.82) is 0 Å². The molecular formula is C26H27F2N3O3. The quantitative estimate of drug-likeness (QED) is 0.700. The van der Waals surface area contributed by atoms with Crippen LogP contribution in [-0.2, 0) is 22.7 Å². The maximum atomic E-state index is 15.6. The van der Waals surface area contributed by atoms with Gasteiger partial charge in [-0.25, -0.2) is 8.78 Å². The predicted molar refractivity (Wildman–Crippen MR) is 121 cm³/mol. The first-order valence-electron chi connectivity index (χ1n) is 11.7. The number of benzene rings is 2. The van der Waals surface area contributed by atoms with Crippen molar-refractivity contribution in [3.05, 3.63) is 69.8 Å². The number of carbonyl (C=O) groups is 3. The minimum atomic E-state index is -0.853. The normalized spacial score (nSPS) is 21.7. The Balaban J connectivity index is 1.31. The first-order valence-corrected chi connectivity index (χ1v) is 11.7. The average molecular weight is 468 g/mol. The van der Waals surface area contributed by atoms with E-state index in [1.165, 1.54) is 16.0 Å². The fourth-order valence-electron chi connectivity index (χ4n) is 5.36. The number of carbonyl (C=O) groups excluding carboxylic acids is 3. The summed E-state index contributed by atoms with van der Waals surface area (Å²) in [7, 11) is 0. The standard InChI is InChI=1S/C26H27F2N3O3/c1-15-2-4-16(5-3-15)13-30-10-8-17(9-11-30)23-20(27)12-18-19(24(23)28)14-31(26(18)34)21-6-7-22(32)29-25(21)33/h2-5,12,17,21H,6-11,13-14H2,1H3,(H,29,32,33). The number of aryl methyl sites for hydroxylation is 1. The third-order valence-electron chi connectivity index (χ3n) is 7.28. The summed E-state index contributed by atoms with van der Waals surface area (Å²) in [5.74, 6) is -3.17. The lowest BCUT2D eigenvalue weighted by Crippen LogP contribution is -2.52. The van der Waals surface area contributed by atoms with Crippen molar-refractivity contribution in [2.45, 2.75) is 57.7 Å². The third-order valence-corrected chi connectivity index (χ3v) is 7.28. The molecule has 3 aliphatic rings. The summed E-state index contributed by atoms with van der Waals surface area (Å²) in [4.78, 5) is 40.1. The van der Waals surface area contributed by atoms with E-state index in [4.69, 9.17) is 0 Å². The van der Waals surface area contributed by atoms with Gasteiger partial charge in [0.15, 0.2) is 0 Å². The Morgan fingerprint density at radius 1 is 1.03 bits per heavy atom. The Hall–Kier alpha value is -3.13. The van der Waals surface area contributed by atoms with Crippen molar-refractivity contribution < 1.29 is 23.2 Å². The fourth-order valence-corrected chi connectivity index (χ4v) is 5.36. The maximum Gasteiger partial charge on any atom is 0.255 e. The third kappa shape index (κ3) is 4.11. The lowest BCUT2D eigenvalue weighted by Gasteiger charge is -2.32. The van der Waals surface area contributed by atoms with Gasteiger partial charge in [-0.15, -0.1) is 0 Å². The SMILES string of the molecule is Cc1ccc(CN2CCC(c3c(F)cc4c(c3F)CN(C3CCC(=O)NC3=O)C4=O)CC2)cc1. The summed E-state index contributed by atoms with van der Waals surface area (Å²) in [6.07, 6.45) is 1.55. The van der Waals surface area contributed by atoms with Gasteiger partial charge < -0.3 is 4.90 Å². The molecule has 3 heterocycles. The predicted octanol–water partition coefficient (Wildman–Crippen LogP) is 3.41. The summed E-state index contributed by atoms with van der Waals surface area (Å²) in [6, 6.07) is 8.64. The number of imide groups is 1. The molecule has 0 aliphatic carbocycles. The second kappa shape index (κ2) is 8.91. The van der Waals surface area contributed by atoms with Gasteiger partial charge in [0, 0.05) is 24.1 Å². The highest BCUT2D eigenvalue weighted by molar-refractivity contribution is 6.05. The van der Waals surface area contributed by atoms with Crippen LogP contribution in [0.5, 0.6) is 0 Å². The number of amides is 3. The van der Waals surface area contributed by atoms with Gasteiger partial charge in [-0.05, 0) is 56.8 Å². The zero-order chi connectivity index (χ0) is 24.0. The van der Waals surface area contributed by atoms with Crippen LogP contribution in [0.25, 0.3) is 0 Å². The molecule has 2 aromatic rings. The molecule has 1 unspecified atom stereocenters. The van der Waals surface area contributed by atoms with Crippen LogP contribution < -0.4 is 5.32 Å². The largest absolute Gasteiger partial charge is 0.322 e. The second-order valence-corrected chi connectivity index (χ2v) is 9.55. The molecule has 1 atom stereocenters. The molecule has 8 heteroatoms. The van der Waals surface area contributed by atoms with E-state index in [0.717, 1.165) is 25.7 Å². The van der Waals surface area contributed by atoms with Crippen molar-refractivity contribution in [2.24, 2.45) is 0 Å². The molecule has 178 valence electrons. The lowest BCUT2D eigenvalue weighted by molar-refractivity contribution is -0.136. The fraction of sp³-hybridized carbons (Fsp3) is 0.423. The van der Waals surface area contributed by atoms with E-state index in [1.807, 2.05) is 6.92 Å². The van der Waals surface area contributed by atoms with Gasteiger partial charge in [-0.1, -0.05) is 29.8 Å². The van der Waals surface area contributed by atoms with E-state index in [9.17, 15) is 14.4 Å². The minimum absolute atomic E-state index is 0.0275. The molecule has 0 bridgehead atoms. The molecule has 0 aromatic heterocycles. The summed E-state index contributed by atoms with van der Waals surface area (Å²) >= 11 is 0. The molecule has 2 saturated heterocycles. The molecule has 0 saturated carbocycles. The summed E-state index contributed by atoms with van der Waals surface area (Å²) in [5, 5.41) is 2.22. The lowest BCUT2D eigenvalue weighted by atomic mass is 9.86. The summed E-state index contributed by atoms with van der Waals surface area (Å²) in [6.45, 7) is 4.22. The Morgan fingerprint density at radius 3 is 2.41 bits per heavy atom. The van der Waals surface area contributed by atoms with Gasteiger partial charge in [0.05, 0.1) is 12.1 Å². The molecular weight excluding hydrogens is 440 g/mol. The van der Waals surface area contributed by atoms with E-state index in [2.05, 4.69) is 34.5 Å². The first-order chi connectivity index (χ1) is 16.3. The van der Waals surface area contributed by atoms with Crippen molar-refractivity contribution >= 4 is 17.7 Å². The number of nitrogens with one attached hydrogen (secondary N) is 1. The summed E-state index contributed by atoms with van der Waals surface area (Å²) < 4.78 is 30.7. The molecule has 0 radical (unpaired) electrons. The molecule has 1 N–H and O–H groups in total. The Morgan fingerprint density at radius 2 is 1.74 bits per heavy atom. The van der Waals surface area contributed by atoms with Gasteiger partial charge in [0.25, 0.3) is 5.91 Å². The van der Waals surface area contributed by atoms with Crippen LogP contribution in [0.4, 0.5) is 8.78 Å². The highest BCUT2D eigenvalue weighted by Gasteiger charge is 2.42. The second-order valence-electron chi connectivity index (χ2n) is 9.55. The average Bonchev–Trinajstić information content (AvgIpc) is 3.13. The number of piperidine rings is 2. The zero-order valence-electron chi connectivity index (χ0n) is 19.1. The number of halogens is 2. The van der Waals surface area contributed by atoms with Crippen LogP contribution in [0.2, 0.25) is 0 Å². The summed E-state index contributed by atoms with van der Waals surface area (Å²) in [5.41, 5.74) is 2.59. The van der Waals surface area contributed by atoms with E-state index < -0.39 is 35.4 Å². The highest BCUT2D eigenvalue weighted by Crippen LogP contribution is 2.38. The molecule has 2 aromatic carbocycles. The van der Waals surface area contributed by atoms with Crippen molar-refractivity contribution in [3.8, 4) is 0 Å². The smallest absolute Gasteiger partial charge is 0.255 e. The van der Waals surface area contributed by atoms with E-state index in [-0.39, 0.29) is 42.0 Å². The molecule has 5 rings (SSSR count). The number of nitrogens with zero attached hydrogens (tertiary/aromatic N) is 2. The molecule has 3 amide bonds. The number of hydrogen-bond donors (Lipinski definition) is 1. The van der Waals surface area contributed by atoms with E-state index in [1.54, 1.807) is 0 Å². The van der Waals surface area contributed by atoms with Crippen LogP contribution in [0.1, 0.15) is 64.2 Å². The van der Waals surface area contributed by atoms with Crippen LogP contribution in [0, 0.1) is 18.6 Å². The molecule has 2 fully saturated rings. The topological polar surface area (TPSA) is 69.7 Å². The number of rotatable bonds is 4. The van der Waals surface area contributed by atoms with Crippen molar-refractivity contribution in [2.75, 3.05) is 13.1 Å². The number of hydrogen-bond acceptors (Lipinski definition) is 4. The van der Waals surface area contributed by atoms with E-state index >= 15 is 8.78 Å². The van der Waals surface area contributed by atoms with Gasteiger partial charge in [-0.3, -0.25) is 24.6 Å². The zero-order valence-corrected chi connectivity index (χ0v) is 19.1. The van der Waals surface area contributed by atoms with Crippen LogP contribution in [0.3, 0.4) is 0 Å².